The van der Waals surface area contributed by atoms with Gasteiger partial charge in [0.15, 0.2) is 0 Å². The van der Waals surface area contributed by atoms with Crippen LogP contribution >= 0.6 is 8.32 Å². The van der Waals surface area contributed by atoms with E-state index in [1.54, 1.807) is 7.11 Å². The van der Waals surface area contributed by atoms with E-state index in [1.165, 1.54) is 0 Å². The second kappa shape index (κ2) is 4.17. The summed E-state index contributed by atoms with van der Waals surface area (Å²) >= 11 is -0.961. The number of hydrogen-bond acceptors (Lipinski definition) is 1. The minimum atomic E-state index is -0.961. The Labute approximate surface area is 41.6 Å². The molecule has 0 aromatic rings. The fraction of sp³-hybridized carbons (Fsp3) is 1.00. The van der Waals surface area contributed by atoms with Crippen LogP contribution in [0.3, 0.4) is 0 Å². The summed E-state index contributed by atoms with van der Waals surface area (Å²) in [6, 6.07) is 0. The van der Waals surface area contributed by atoms with E-state index in [9.17, 15) is 0 Å². The normalized spacial score (nSPS) is 7.50. The zero-order chi connectivity index (χ0) is 3.41. The van der Waals surface area contributed by atoms with Gasteiger partial charge in [-0.05, 0) is 0 Å². The van der Waals surface area contributed by atoms with Crippen molar-refractivity contribution in [3.8, 4) is 0 Å². The van der Waals surface area contributed by atoms with Crippen molar-refractivity contribution in [3.05, 3.63) is 0 Å². The Morgan fingerprint density at radius 3 is 2.25 bits per heavy atom. The molecule has 1 nitrogen and oxygen atoms in total. The number of halogens is 1. The molecule has 0 aromatic heterocycles. The summed E-state index contributed by atoms with van der Waals surface area (Å²) in [5, 5.41) is 0. The van der Waals surface area contributed by atoms with Crippen LogP contribution in [0.1, 0.15) is 0 Å². The molecular weight excluding hydrogens is 271 g/mol. The van der Waals surface area contributed by atoms with Crippen LogP contribution in [0.4, 0.5) is 0 Å². The summed E-state index contributed by atoms with van der Waals surface area (Å²) in [5.41, 5.74) is 0. The molecule has 0 aliphatic heterocycles. The maximum atomic E-state index is 5.16. The van der Waals surface area contributed by atoms with Gasteiger partial charge in [0.1, 0.15) is 0 Å². The summed E-state index contributed by atoms with van der Waals surface area (Å²) in [4.78, 5) is 0. The van der Waals surface area contributed by atoms with Gasteiger partial charge in [0, 0.05) is 0 Å². The quantitative estimate of drug-likeness (QED) is 0.629. The van der Waals surface area contributed by atoms with Gasteiger partial charge in [-0.25, -0.2) is 0 Å². The van der Waals surface area contributed by atoms with Crippen LogP contribution in [0, 0.1) is 0 Å². The van der Waals surface area contributed by atoms with Gasteiger partial charge in [-0.1, -0.05) is 0 Å². The molecule has 0 heterocycles. The van der Waals surface area contributed by atoms with Crippen molar-refractivity contribution in [2.24, 2.45) is 0 Å². The first-order valence-electron chi connectivity index (χ1n) is 0.801. The van der Waals surface area contributed by atoms with E-state index in [-0.39, 0.29) is 0 Å². The molecule has 2 radical (unpaired) electrons. The average Bonchev–Trinajstić information content (AvgIpc) is 1.37. The Bertz CT molecular complexity index is 10.0. The van der Waals surface area contributed by atoms with Crippen molar-refractivity contribution < 1.29 is 2.69 Å². The van der Waals surface area contributed by atoms with E-state index in [1.807, 2.05) is 0 Å². The van der Waals surface area contributed by atoms with Crippen molar-refractivity contribution in [2.75, 3.05) is 7.11 Å². The third kappa shape index (κ3) is 3.17. The van der Waals surface area contributed by atoms with Crippen LogP contribution in [0.25, 0.3) is 0 Å². The van der Waals surface area contributed by atoms with E-state index in [0.29, 0.717) is 0 Å². The Morgan fingerprint density at radius 1 is 2.00 bits per heavy atom. The van der Waals surface area contributed by atoms with Gasteiger partial charge < -0.3 is 0 Å². The second-order valence-corrected chi connectivity index (χ2v) is 3.82. The molecule has 4 heavy (non-hydrogen) atoms. The molecule has 0 bridgehead atoms. The first kappa shape index (κ1) is 5.17. The van der Waals surface area contributed by atoms with Gasteiger partial charge in [-0.3, -0.25) is 0 Å². The molecule has 0 atom stereocenters. The van der Waals surface area contributed by atoms with Crippen molar-refractivity contribution >= 4 is 31.8 Å². The molecule has 0 spiro atoms. The Balaban J connectivity index is 1.97. The second-order valence-electron chi connectivity index (χ2n) is 0.281. The molecule has 0 saturated heterocycles. The van der Waals surface area contributed by atoms with E-state index in [4.69, 9.17) is 8.32 Å². The fourth-order valence-electron chi connectivity index (χ4n) is 0. The summed E-state index contributed by atoms with van der Waals surface area (Å²) in [6.45, 7) is 0. The molecule has 0 rings (SSSR count). The van der Waals surface area contributed by atoms with Crippen molar-refractivity contribution in [1.82, 2.24) is 0 Å². The van der Waals surface area contributed by atoms with Crippen LogP contribution in [0.5, 0.6) is 0 Å². The molecule has 0 amide bonds. The first-order chi connectivity index (χ1) is 1.91. The third-order valence-corrected chi connectivity index (χ3v) is 2.03. The maximum absolute atomic E-state index is 5.16. The standard InChI is InChI=1S/CH3O.ClH.Pb/c1-2;;/h1H3;1H;/q-1;;+2/p-1. The third-order valence-electron chi connectivity index (χ3n) is 0.0772. The summed E-state index contributed by atoms with van der Waals surface area (Å²) in [5.74, 6) is 0. The van der Waals surface area contributed by atoms with Gasteiger partial charge in [0.2, 0.25) is 0 Å². The van der Waals surface area contributed by atoms with Gasteiger partial charge >= 0.3 is 41.6 Å². The van der Waals surface area contributed by atoms with E-state index < -0.39 is 23.5 Å². The Kier molecular flexibility index (Phi) is 5.39. The van der Waals surface area contributed by atoms with Gasteiger partial charge in [0.25, 0.3) is 0 Å². The van der Waals surface area contributed by atoms with E-state index >= 15 is 0 Å². The predicted octanol–water partition coefficient (Wildman–Crippen LogP) is 0.406. The molecule has 0 fully saturated rings. The van der Waals surface area contributed by atoms with Crippen LogP contribution in [-0.2, 0) is 2.69 Å². The molecule has 0 aliphatic rings. The van der Waals surface area contributed by atoms with Gasteiger partial charge in [-0.15, -0.1) is 0 Å². The van der Waals surface area contributed by atoms with Crippen LogP contribution in [-0.4, -0.2) is 30.6 Å². The van der Waals surface area contributed by atoms with Crippen LogP contribution in [0.2, 0.25) is 0 Å². The topological polar surface area (TPSA) is 9.23 Å². The molecule has 3 heteroatoms. The number of rotatable bonds is 1. The van der Waals surface area contributed by atoms with Crippen molar-refractivity contribution in [3.63, 3.8) is 0 Å². The van der Waals surface area contributed by atoms with Crippen molar-refractivity contribution in [1.29, 1.82) is 0 Å². The Morgan fingerprint density at radius 2 is 2.25 bits per heavy atom. The Hall–Kier alpha value is 1.17. The average molecular weight is 274 g/mol. The molecule has 0 aliphatic carbocycles. The fourth-order valence-corrected chi connectivity index (χ4v) is 0. The summed E-state index contributed by atoms with van der Waals surface area (Å²) < 4.78 is 4.50. The van der Waals surface area contributed by atoms with E-state index in [0.717, 1.165) is 0 Å². The monoisotopic (exact) mass is 274 g/mol. The van der Waals surface area contributed by atoms with Gasteiger partial charge in [0.05, 0.1) is 0 Å². The van der Waals surface area contributed by atoms with E-state index in [2.05, 4.69) is 2.69 Å². The van der Waals surface area contributed by atoms with Crippen LogP contribution < -0.4 is 0 Å². The summed E-state index contributed by atoms with van der Waals surface area (Å²) in [7, 11) is 6.79. The van der Waals surface area contributed by atoms with Crippen LogP contribution in [0.15, 0.2) is 0 Å². The molecule has 0 aromatic carbocycles. The molecular formula is CH3ClOPb. The predicted molar refractivity (Wildman–Crippen MR) is 18.6 cm³/mol. The minimum absolute atomic E-state index is 0.961. The number of hydrogen-bond donors (Lipinski definition) is 0. The summed E-state index contributed by atoms with van der Waals surface area (Å²) in [6.07, 6.45) is 0. The zero-order valence-corrected chi connectivity index (χ0v) is 6.93. The molecule has 0 saturated carbocycles. The zero-order valence-electron chi connectivity index (χ0n) is 2.29. The molecule has 24 valence electrons. The first-order valence-corrected chi connectivity index (χ1v) is 7.17. The molecule has 0 N–H and O–H groups in total. The van der Waals surface area contributed by atoms with Crippen molar-refractivity contribution in [2.45, 2.75) is 0 Å². The SMILES string of the molecule is C[O][Pb][Cl]. The molecule has 0 unspecified atom stereocenters. The van der Waals surface area contributed by atoms with Gasteiger partial charge in [-0.2, -0.15) is 0 Å².